The molecule has 2 aromatic rings. The molecule has 0 heterocycles. The Labute approximate surface area is 152 Å². The fourth-order valence-electron chi connectivity index (χ4n) is 3.78. The van der Waals surface area contributed by atoms with Gasteiger partial charge in [0.1, 0.15) is 0 Å². The van der Waals surface area contributed by atoms with E-state index >= 15 is 0 Å². The van der Waals surface area contributed by atoms with Crippen molar-refractivity contribution in [3.8, 4) is 0 Å². The van der Waals surface area contributed by atoms with E-state index in [1.807, 2.05) is 0 Å². The molecule has 0 aliphatic heterocycles. The van der Waals surface area contributed by atoms with Crippen molar-refractivity contribution in [1.29, 1.82) is 0 Å². The minimum Gasteiger partial charge on any atom is -0.289 e. The number of carbonyl (C=O) groups is 1. The van der Waals surface area contributed by atoms with E-state index in [-0.39, 0.29) is 22.0 Å². The summed E-state index contributed by atoms with van der Waals surface area (Å²) in [5, 5.41) is 0. The average molecular weight is 335 g/mol. The zero-order chi connectivity index (χ0) is 18.8. The van der Waals surface area contributed by atoms with Gasteiger partial charge < -0.3 is 0 Å². The van der Waals surface area contributed by atoms with Crippen LogP contribution in [0.25, 0.3) is 0 Å². The number of carbonyl (C=O) groups excluding carboxylic acids is 1. The summed E-state index contributed by atoms with van der Waals surface area (Å²) < 4.78 is 0. The summed E-state index contributed by atoms with van der Waals surface area (Å²) >= 11 is 0. The molecule has 0 saturated heterocycles. The molecule has 0 unspecified atom stereocenters. The predicted octanol–water partition coefficient (Wildman–Crippen LogP) is 6.15. The third-order valence-electron chi connectivity index (χ3n) is 5.61. The Kier molecular flexibility index (Phi) is 3.80. The van der Waals surface area contributed by atoms with E-state index in [0.29, 0.717) is 0 Å². The number of ketones is 1. The van der Waals surface area contributed by atoms with Crippen LogP contribution in [0.5, 0.6) is 0 Å². The average Bonchev–Trinajstić information content (AvgIpc) is 2.50. The Morgan fingerprint density at radius 1 is 0.680 bits per heavy atom. The quantitative estimate of drug-likeness (QED) is 0.564. The molecule has 1 aliphatic carbocycles. The van der Waals surface area contributed by atoms with Crippen LogP contribution in [0.4, 0.5) is 0 Å². The molecule has 1 heteroatoms. The summed E-state index contributed by atoms with van der Waals surface area (Å²) in [4.78, 5) is 13.4. The van der Waals surface area contributed by atoms with Gasteiger partial charge in [-0.05, 0) is 45.2 Å². The second-order valence-electron chi connectivity index (χ2n) is 9.97. The van der Waals surface area contributed by atoms with E-state index in [1.54, 1.807) is 0 Å². The van der Waals surface area contributed by atoms with E-state index < -0.39 is 0 Å². The molecule has 0 N–H and O–H groups in total. The molecule has 132 valence electrons. The van der Waals surface area contributed by atoms with E-state index in [1.165, 1.54) is 11.1 Å². The molecular weight excluding hydrogens is 304 g/mol. The molecule has 1 nitrogen and oxygen atoms in total. The third-order valence-corrected chi connectivity index (χ3v) is 5.61. The van der Waals surface area contributed by atoms with Crippen molar-refractivity contribution in [2.75, 3.05) is 0 Å². The molecule has 1 aliphatic rings. The van der Waals surface area contributed by atoms with E-state index in [9.17, 15) is 4.79 Å². The smallest absolute Gasteiger partial charge is 0.193 e. The van der Waals surface area contributed by atoms with Crippen LogP contribution in [-0.2, 0) is 16.2 Å². The largest absolute Gasteiger partial charge is 0.289 e. The van der Waals surface area contributed by atoms with Gasteiger partial charge in [0.05, 0.1) is 0 Å². The second-order valence-corrected chi connectivity index (χ2v) is 9.97. The first-order valence-electron chi connectivity index (χ1n) is 9.18. The maximum atomic E-state index is 13.4. The highest BCUT2D eigenvalue weighted by Crippen LogP contribution is 2.43. The molecule has 2 aromatic carbocycles. The number of hydrogen-bond donors (Lipinski definition) is 0. The van der Waals surface area contributed by atoms with E-state index in [0.717, 1.165) is 22.3 Å². The lowest BCUT2D eigenvalue weighted by atomic mass is 9.66. The lowest BCUT2D eigenvalue weighted by Crippen LogP contribution is -2.31. The first kappa shape index (κ1) is 17.9. The topological polar surface area (TPSA) is 17.1 Å². The van der Waals surface area contributed by atoms with Crippen molar-refractivity contribution < 1.29 is 4.79 Å². The van der Waals surface area contributed by atoms with Crippen molar-refractivity contribution in [2.24, 2.45) is 0 Å². The minimum absolute atomic E-state index is 0.0347. The Balaban J connectivity index is 2.25. The van der Waals surface area contributed by atoms with Gasteiger partial charge in [0, 0.05) is 16.5 Å². The summed E-state index contributed by atoms with van der Waals surface area (Å²) in [5.41, 5.74) is 6.36. The lowest BCUT2D eigenvalue weighted by molar-refractivity contribution is 0.103. The van der Waals surface area contributed by atoms with Crippen molar-refractivity contribution in [1.82, 2.24) is 0 Å². The Morgan fingerprint density at radius 3 is 1.36 bits per heavy atom. The van der Waals surface area contributed by atoms with Crippen LogP contribution < -0.4 is 0 Å². The molecule has 0 amide bonds. The summed E-state index contributed by atoms with van der Waals surface area (Å²) in [7, 11) is 0. The third kappa shape index (κ3) is 2.84. The van der Waals surface area contributed by atoms with Crippen LogP contribution in [0, 0.1) is 0 Å². The molecule has 0 bridgehead atoms. The molecular formula is C24H30O. The Bertz CT molecular complexity index is 785. The predicted molar refractivity (Wildman–Crippen MR) is 106 cm³/mol. The number of fused-ring (bicyclic) bond motifs is 2. The number of rotatable bonds is 0. The second kappa shape index (κ2) is 5.30. The van der Waals surface area contributed by atoms with Gasteiger partial charge in [-0.1, -0.05) is 79.7 Å². The fourth-order valence-corrected chi connectivity index (χ4v) is 3.78. The van der Waals surface area contributed by atoms with Gasteiger partial charge in [-0.15, -0.1) is 0 Å². The van der Waals surface area contributed by atoms with Crippen LogP contribution in [-0.4, -0.2) is 5.78 Å². The molecule has 3 rings (SSSR count). The summed E-state index contributed by atoms with van der Waals surface area (Å²) in [5.74, 6) is 0.168. The summed E-state index contributed by atoms with van der Waals surface area (Å²) in [6.45, 7) is 17.6. The summed E-state index contributed by atoms with van der Waals surface area (Å²) in [6.07, 6.45) is 0. The first-order valence-corrected chi connectivity index (χ1v) is 9.18. The van der Waals surface area contributed by atoms with Gasteiger partial charge in [-0.3, -0.25) is 4.79 Å². The van der Waals surface area contributed by atoms with Gasteiger partial charge in [0.2, 0.25) is 0 Å². The van der Waals surface area contributed by atoms with Gasteiger partial charge in [0.25, 0.3) is 0 Å². The summed E-state index contributed by atoms with van der Waals surface area (Å²) in [6, 6.07) is 12.9. The van der Waals surface area contributed by atoms with Crippen molar-refractivity contribution in [3.63, 3.8) is 0 Å². The molecule has 0 atom stereocenters. The SMILES string of the molecule is CC(C)(C)c1ccc2c(c1)C(=O)c1cc(C(C)(C)C)ccc1C2(C)C. The first-order chi connectivity index (χ1) is 11.3. The number of benzene rings is 2. The van der Waals surface area contributed by atoms with Crippen LogP contribution >= 0.6 is 0 Å². The van der Waals surface area contributed by atoms with Crippen LogP contribution in [0.1, 0.15) is 93.6 Å². The highest BCUT2D eigenvalue weighted by Gasteiger charge is 2.37. The van der Waals surface area contributed by atoms with Crippen molar-refractivity contribution >= 4 is 5.78 Å². The maximum absolute atomic E-state index is 13.4. The van der Waals surface area contributed by atoms with Gasteiger partial charge >= 0.3 is 0 Å². The highest BCUT2D eigenvalue weighted by molar-refractivity contribution is 6.13. The zero-order valence-electron chi connectivity index (χ0n) is 16.9. The molecule has 0 aromatic heterocycles. The minimum atomic E-state index is -0.161. The highest BCUT2D eigenvalue weighted by atomic mass is 16.1. The van der Waals surface area contributed by atoms with Gasteiger partial charge in [-0.25, -0.2) is 0 Å². The van der Waals surface area contributed by atoms with Crippen molar-refractivity contribution in [3.05, 3.63) is 69.8 Å². The van der Waals surface area contributed by atoms with Gasteiger partial charge in [-0.2, -0.15) is 0 Å². The fraction of sp³-hybridized carbons (Fsp3) is 0.458. The van der Waals surface area contributed by atoms with Gasteiger partial charge in [0.15, 0.2) is 5.78 Å². The van der Waals surface area contributed by atoms with Crippen molar-refractivity contribution in [2.45, 2.75) is 71.6 Å². The van der Waals surface area contributed by atoms with Crippen LogP contribution in [0.15, 0.2) is 36.4 Å². The zero-order valence-corrected chi connectivity index (χ0v) is 16.9. The Hall–Kier alpha value is -1.89. The van der Waals surface area contributed by atoms with E-state index in [4.69, 9.17) is 0 Å². The lowest BCUT2D eigenvalue weighted by Gasteiger charge is -2.36. The molecule has 0 radical (unpaired) electrons. The Morgan fingerprint density at radius 2 is 1.04 bits per heavy atom. The molecule has 25 heavy (non-hydrogen) atoms. The monoisotopic (exact) mass is 334 g/mol. The van der Waals surface area contributed by atoms with Crippen LogP contribution in [0.3, 0.4) is 0 Å². The standard InChI is InChI=1S/C24H30O/c1-22(2,3)15-9-11-19-17(13-15)21(25)18-14-16(23(4,5)6)10-12-20(18)24(19,7)8/h9-14H,1-8H3. The molecule has 0 fully saturated rings. The number of hydrogen-bond acceptors (Lipinski definition) is 1. The molecule has 0 saturated carbocycles. The maximum Gasteiger partial charge on any atom is 0.193 e. The van der Waals surface area contributed by atoms with Crippen LogP contribution in [0.2, 0.25) is 0 Å². The molecule has 0 spiro atoms. The normalized spacial score (nSPS) is 16.4. The van der Waals surface area contributed by atoms with E-state index in [2.05, 4.69) is 91.8 Å².